The zero-order valence-corrected chi connectivity index (χ0v) is 11.1. The zero-order valence-electron chi connectivity index (χ0n) is 11.1. The molecule has 0 radical (unpaired) electrons. The number of nitrogens with zero attached hydrogens (tertiary/aromatic N) is 1. The maximum Gasteiger partial charge on any atom is 0.326 e. The number of carbonyl (C=O) groups excluding carboxylic acids is 1. The van der Waals surface area contributed by atoms with E-state index in [0.29, 0.717) is 11.3 Å². The van der Waals surface area contributed by atoms with Gasteiger partial charge in [-0.15, -0.1) is 0 Å². The highest BCUT2D eigenvalue weighted by atomic mass is 16.4. The molecule has 0 aliphatic carbocycles. The molecule has 0 aliphatic rings. The van der Waals surface area contributed by atoms with Crippen molar-refractivity contribution in [3.8, 4) is 0 Å². The van der Waals surface area contributed by atoms with Gasteiger partial charge in [0, 0.05) is 11.3 Å². The van der Waals surface area contributed by atoms with Gasteiger partial charge in [0.25, 0.3) is 5.91 Å². The summed E-state index contributed by atoms with van der Waals surface area (Å²) in [6.07, 6.45) is 0. The highest BCUT2D eigenvalue weighted by molar-refractivity contribution is 6.09. The summed E-state index contributed by atoms with van der Waals surface area (Å²) in [4.78, 5) is 25.1. The number of carboxylic acid groups (broad SMARTS) is 1. The molecule has 0 saturated heterocycles. The van der Waals surface area contributed by atoms with Gasteiger partial charge in [0.2, 0.25) is 0 Å². The highest BCUT2D eigenvalue weighted by Crippen LogP contribution is 2.20. The molecular formula is C16H15NO3. The minimum absolute atomic E-state index is 0.327. The van der Waals surface area contributed by atoms with Crippen LogP contribution in [0.1, 0.15) is 17.3 Å². The van der Waals surface area contributed by atoms with Crippen molar-refractivity contribution in [3.05, 3.63) is 66.2 Å². The van der Waals surface area contributed by atoms with Gasteiger partial charge in [-0.05, 0) is 31.2 Å². The molecule has 1 N–H and O–H groups in total. The summed E-state index contributed by atoms with van der Waals surface area (Å²) in [5, 5.41) is 9.22. The Morgan fingerprint density at radius 3 is 1.95 bits per heavy atom. The molecule has 20 heavy (non-hydrogen) atoms. The normalized spacial score (nSPS) is 11.7. The quantitative estimate of drug-likeness (QED) is 0.928. The number of amides is 1. The van der Waals surface area contributed by atoms with E-state index in [1.165, 1.54) is 11.8 Å². The van der Waals surface area contributed by atoms with E-state index in [-0.39, 0.29) is 5.91 Å². The van der Waals surface area contributed by atoms with Gasteiger partial charge in [-0.25, -0.2) is 4.79 Å². The van der Waals surface area contributed by atoms with E-state index in [4.69, 9.17) is 0 Å². The predicted molar refractivity (Wildman–Crippen MR) is 76.8 cm³/mol. The molecule has 0 bridgehead atoms. The van der Waals surface area contributed by atoms with Crippen LogP contribution in [0.2, 0.25) is 0 Å². The Morgan fingerprint density at radius 2 is 1.45 bits per heavy atom. The first-order valence-electron chi connectivity index (χ1n) is 6.27. The molecule has 0 heterocycles. The monoisotopic (exact) mass is 269 g/mol. The van der Waals surface area contributed by atoms with Crippen molar-refractivity contribution < 1.29 is 14.7 Å². The number of para-hydroxylation sites is 1. The zero-order chi connectivity index (χ0) is 14.5. The van der Waals surface area contributed by atoms with Crippen LogP contribution in [0.5, 0.6) is 0 Å². The third-order valence-electron chi connectivity index (χ3n) is 3.02. The van der Waals surface area contributed by atoms with Crippen LogP contribution in [0.3, 0.4) is 0 Å². The van der Waals surface area contributed by atoms with Gasteiger partial charge >= 0.3 is 5.97 Å². The second-order valence-corrected chi connectivity index (χ2v) is 4.39. The largest absolute Gasteiger partial charge is 0.480 e. The topological polar surface area (TPSA) is 57.6 Å². The fourth-order valence-electron chi connectivity index (χ4n) is 1.94. The summed E-state index contributed by atoms with van der Waals surface area (Å²) >= 11 is 0. The standard InChI is InChI=1S/C16H15NO3/c1-12(16(19)20)17(14-10-6-3-7-11-14)15(18)13-8-4-2-5-9-13/h2-12H,1H3,(H,19,20). The van der Waals surface area contributed by atoms with Gasteiger partial charge in [-0.3, -0.25) is 9.69 Å². The number of benzene rings is 2. The third-order valence-corrected chi connectivity index (χ3v) is 3.02. The van der Waals surface area contributed by atoms with E-state index in [0.717, 1.165) is 0 Å². The van der Waals surface area contributed by atoms with Crippen LogP contribution in [-0.2, 0) is 4.79 Å². The number of hydrogen-bond donors (Lipinski definition) is 1. The molecule has 2 rings (SSSR count). The molecule has 0 spiro atoms. The van der Waals surface area contributed by atoms with Gasteiger partial charge < -0.3 is 5.11 Å². The molecule has 4 heteroatoms. The van der Waals surface area contributed by atoms with E-state index < -0.39 is 12.0 Å². The Kier molecular flexibility index (Phi) is 4.15. The molecule has 0 fully saturated rings. The number of anilines is 1. The van der Waals surface area contributed by atoms with Crippen molar-refractivity contribution in [2.45, 2.75) is 13.0 Å². The fraction of sp³-hybridized carbons (Fsp3) is 0.125. The van der Waals surface area contributed by atoms with Crippen LogP contribution in [0, 0.1) is 0 Å². The van der Waals surface area contributed by atoms with Gasteiger partial charge in [0.15, 0.2) is 0 Å². The van der Waals surface area contributed by atoms with Crippen LogP contribution in [0.4, 0.5) is 5.69 Å². The lowest BCUT2D eigenvalue weighted by molar-refractivity contribution is -0.138. The van der Waals surface area contributed by atoms with E-state index in [1.54, 1.807) is 48.5 Å². The van der Waals surface area contributed by atoms with E-state index in [9.17, 15) is 14.7 Å². The lowest BCUT2D eigenvalue weighted by Gasteiger charge is -2.26. The van der Waals surface area contributed by atoms with Gasteiger partial charge in [0.1, 0.15) is 6.04 Å². The predicted octanol–water partition coefficient (Wildman–Crippen LogP) is 2.81. The van der Waals surface area contributed by atoms with Crippen molar-refractivity contribution in [2.24, 2.45) is 0 Å². The minimum atomic E-state index is -1.04. The maximum absolute atomic E-state index is 12.6. The summed E-state index contributed by atoms with van der Waals surface area (Å²) in [6, 6.07) is 16.5. The third kappa shape index (κ3) is 2.85. The summed E-state index contributed by atoms with van der Waals surface area (Å²) < 4.78 is 0. The number of aliphatic carboxylic acids is 1. The van der Waals surface area contributed by atoms with Gasteiger partial charge in [-0.2, -0.15) is 0 Å². The smallest absolute Gasteiger partial charge is 0.326 e. The number of hydrogen-bond acceptors (Lipinski definition) is 2. The second kappa shape index (κ2) is 6.02. The maximum atomic E-state index is 12.6. The molecule has 2 aromatic rings. The molecule has 4 nitrogen and oxygen atoms in total. The molecule has 2 aromatic carbocycles. The average molecular weight is 269 g/mol. The molecule has 1 unspecified atom stereocenters. The first kappa shape index (κ1) is 13.8. The molecule has 0 aromatic heterocycles. The van der Waals surface area contributed by atoms with Crippen molar-refractivity contribution in [1.82, 2.24) is 0 Å². The van der Waals surface area contributed by atoms with Crippen molar-refractivity contribution in [2.75, 3.05) is 4.90 Å². The SMILES string of the molecule is CC(C(=O)O)N(C(=O)c1ccccc1)c1ccccc1. The molecule has 1 atom stereocenters. The summed E-state index contributed by atoms with van der Waals surface area (Å²) in [6.45, 7) is 1.50. The molecule has 102 valence electrons. The second-order valence-electron chi connectivity index (χ2n) is 4.39. The summed E-state index contributed by atoms with van der Waals surface area (Å²) in [5.41, 5.74) is 1.03. The van der Waals surface area contributed by atoms with Crippen LogP contribution < -0.4 is 4.90 Å². The van der Waals surface area contributed by atoms with Crippen LogP contribution >= 0.6 is 0 Å². The van der Waals surface area contributed by atoms with Crippen molar-refractivity contribution in [3.63, 3.8) is 0 Å². The Balaban J connectivity index is 2.42. The van der Waals surface area contributed by atoms with Crippen LogP contribution in [0.25, 0.3) is 0 Å². The van der Waals surface area contributed by atoms with Gasteiger partial charge in [-0.1, -0.05) is 36.4 Å². The Morgan fingerprint density at radius 1 is 0.950 bits per heavy atom. The van der Waals surface area contributed by atoms with Crippen molar-refractivity contribution >= 4 is 17.6 Å². The summed E-state index contributed by atoms with van der Waals surface area (Å²) in [7, 11) is 0. The lowest BCUT2D eigenvalue weighted by Crippen LogP contribution is -2.43. The Bertz CT molecular complexity index is 596. The van der Waals surface area contributed by atoms with Crippen LogP contribution in [-0.4, -0.2) is 23.0 Å². The van der Waals surface area contributed by atoms with E-state index in [2.05, 4.69) is 0 Å². The molecule has 0 saturated carbocycles. The van der Waals surface area contributed by atoms with Gasteiger partial charge in [0.05, 0.1) is 0 Å². The Labute approximate surface area is 117 Å². The summed E-state index contributed by atoms with van der Waals surface area (Å²) in [5.74, 6) is -1.37. The first-order valence-corrected chi connectivity index (χ1v) is 6.27. The fourth-order valence-corrected chi connectivity index (χ4v) is 1.94. The number of rotatable bonds is 4. The minimum Gasteiger partial charge on any atom is -0.480 e. The Hall–Kier alpha value is -2.62. The average Bonchev–Trinajstić information content (AvgIpc) is 2.49. The number of carboxylic acids is 1. The van der Waals surface area contributed by atoms with E-state index in [1.807, 2.05) is 12.1 Å². The number of carbonyl (C=O) groups is 2. The molecule has 0 aliphatic heterocycles. The van der Waals surface area contributed by atoms with Crippen molar-refractivity contribution in [1.29, 1.82) is 0 Å². The molecule has 1 amide bonds. The van der Waals surface area contributed by atoms with E-state index >= 15 is 0 Å². The highest BCUT2D eigenvalue weighted by Gasteiger charge is 2.27. The molecular weight excluding hydrogens is 254 g/mol. The first-order chi connectivity index (χ1) is 9.61. The van der Waals surface area contributed by atoms with Crippen LogP contribution in [0.15, 0.2) is 60.7 Å². The lowest BCUT2D eigenvalue weighted by atomic mass is 10.1.